The van der Waals surface area contributed by atoms with Gasteiger partial charge in [-0.15, -0.1) is 0 Å². The fourth-order valence-corrected chi connectivity index (χ4v) is 5.59. The molecule has 0 aliphatic rings. The molecule has 0 radical (unpaired) electrons. The van der Waals surface area contributed by atoms with Crippen molar-refractivity contribution in [3.05, 3.63) is 0 Å². The number of nitrogens with zero attached hydrogens (tertiary/aromatic N) is 1. The van der Waals surface area contributed by atoms with Crippen LogP contribution in [0.2, 0.25) is 0 Å². The zero-order chi connectivity index (χ0) is 50.3. The number of carbonyl (C=O) groups is 1. The van der Waals surface area contributed by atoms with Crippen molar-refractivity contribution < 1.29 is 113 Å². The topological polar surface area (TPSA) is 357 Å². The maximum atomic E-state index is 12.3. The quantitative estimate of drug-likeness (QED) is 0.0153. The van der Waals surface area contributed by atoms with Gasteiger partial charge in [-0.2, -0.15) is 0 Å². The fourth-order valence-electron chi connectivity index (χ4n) is 5.37. The van der Waals surface area contributed by atoms with Crippen molar-refractivity contribution in [1.82, 2.24) is 13.7 Å². The molecule has 1 amide bonds. The second-order valence-corrected chi connectivity index (χ2v) is 15.5. The Morgan fingerprint density at radius 2 is 0.632 bits per heavy atom. The molecule has 68 heavy (non-hydrogen) atoms. The third-order valence-electron chi connectivity index (χ3n) is 9.20. The number of aliphatic hydroxyl groups is 10. The summed E-state index contributed by atoms with van der Waals surface area (Å²) in [5.74, 6) is -0.393. The lowest BCUT2D eigenvalue weighted by Crippen LogP contribution is -2.54. The molecule has 0 aromatic rings. The summed E-state index contributed by atoms with van der Waals surface area (Å²) in [7, 11) is 0. The molecule has 0 bridgehead atoms. The molecule has 0 aliphatic carbocycles. The van der Waals surface area contributed by atoms with Gasteiger partial charge in [0.25, 0.3) is 0 Å². The number of nitrogens with one attached hydrogen (secondary N) is 2. The Hall–Kier alpha value is -0.760. The Morgan fingerprint density at radius 3 is 0.897 bits per heavy atom. The van der Waals surface area contributed by atoms with Crippen molar-refractivity contribution in [2.45, 2.75) is 55.3 Å². The van der Waals surface area contributed by atoms with Gasteiger partial charge in [0.05, 0.1) is 184 Å². The van der Waals surface area contributed by atoms with E-state index in [4.69, 9.17) is 67.1 Å². The minimum Gasteiger partial charge on any atom is -0.394 e. The highest BCUT2D eigenvalue weighted by molar-refractivity contribution is 14.1. The van der Waals surface area contributed by atoms with E-state index < -0.39 is 81.0 Å². The molecule has 0 heterocycles. The predicted molar refractivity (Wildman–Crippen MR) is 248 cm³/mol. The van der Waals surface area contributed by atoms with E-state index in [2.05, 4.69) is 31.7 Å². The Kier molecular flexibility index (Phi) is 49.2. The van der Waals surface area contributed by atoms with Crippen LogP contribution in [0, 0.1) is 0 Å². The van der Waals surface area contributed by atoms with E-state index in [9.17, 15) is 45.6 Å². The van der Waals surface area contributed by atoms with Crippen LogP contribution < -0.4 is 8.85 Å². The van der Waals surface area contributed by atoms with Gasteiger partial charge in [0, 0.05) is 62.0 Å². The van der Waals surface area contributed by atoms with Gasteiger partial charge in [0.2, 0.25) is 5.91 Å². The molecule has 27 heteroatoms. The lowest BCUT2D eigenvalue weighted by atomic mass is 10.0. The normalized spacial score (nSPS) is 15.6. The monoisotopic (exact) mass is 1110 g/mol. The highest BCUT2D eigenvalue weighted by Crippen LogP contribution is 2.11. The van der Waals surface area contributed by atoms with Crippen LogP contribution in [-0.4, -0.2) is 315 Å². The maximum Gasteiger partial charge on any atom is 0.222 e. The molecule has 0 unspecified atom stereocenters. The zero-order valence-electron chi connectivity index (χ0n) is 39.4. The van der Waals surface area contributed by atoms with E-state index in [1.165, 1.54) is 4.90 Å². The Labute approximate surface area is 413 Å². The molecule has 0 aromatic heterocycles. The first kappa shape index (κ1) is 67.2. The summed E-state index contributed by atoms with van der Waals surface area (Å²) in [5, 5.41) is 101. The number of aliphatic hydroxyl groups excluding tert-OH is 10. The number of hydrogen-bond donors (Lipinski definition) is 12. The van der Waals surface area contributed by atoms with Crippen LogP contribution in [0.15, 0.2) is 0 Å². The Balaban J connectivity index is 3.70. The maximum absolute atomic E-state index is 12.3. The standard InChI is InChI=1S/C41H84IN3O23/c42-44-3-6-58-8-10-60-12-14-62-16-18-64-20-22-66-24-26-68-28-27-67-25-23-65-21-19-63-17-15-61-13-11-59-9-7-57-5-1-37(52)43-2-4-45(29-33(48)38(53)40(55)35(50)31-46)30-34(49)39(54)41(56)36(51)32-47/h33-36,38-41,44,46-51,53-56H,1-32H2,(H,43,52)/t33-,34-,35+,36+,38+,39+,40+,41+/m0/s1. The van der Waals surface area contributed by atoms with Crippen molar-refractivity contribution in [1.29, 1.82) is 0 Å². The molecule has 0 aromatic carbocycles. The molecular weight excluding hydrogens is 1030 g/mol. The van der Waals surface area contributed by atoms with E-state index in [0.29, 0.717) is 139 Å². The molecule has 408 valence electrons. The molecule has 0 fully saturated rings. The third-order valence-corrected chi connectivity index (χ3v) is 9.74. The molecule has 0 aliphatic heterocycles. The number of rotatable bonds is 54. The van der Waals surface area contributed by atoms with Crippen LogP contribution in [0.1, 0.15) is 6.42 Å². The van der Waals surface area contributed by atoms with Crippen LogP contribution in [0.25, 0.3) is 0 Å². The van der Waals surface area contributed by atoms with E-state index in [1.807, 2.05) is 0 Å². The molecule has 0 saturated carbocycles. The summed E-state index contributed by atoms with van der Waals surface area (Å²) in [6, 6.07) is 0. The largest absolute Gasteiger partial charge is 0.394 e. The second-order valence-electron chi connectivity index (χ2n) is 14.7. The summed E-state index contributed by atoms with van der Waals surface area (Å²) >= 11 is 2.08. The second kappa shape index (κ2) is 49.8. The highest BCUT2D eigenvalue weighted by atomic mass is 127. The van der Waals surface area contributed by atoms with Crippen LogP contribution >= 0.6 is 22.9 Å². The SMILES string of the molecule is O=C(CCOCCOCCOCCOCCOCCOCCOCCOCCOCCOCCOCCOCCNI)NCCN(C[C@H](O)[C@@H](O)[C@H](O)[C@H](O)CO)C[C@H](O)[C@@H](O)[C@H](O)[C@H](O)CO. The number of ether oxygens (including phenoxy) is 12. The van der Waals surface area contributed by atoms with Gasteiger partial charge in [-0.1, -0.05) is 0 Å². The highest BCUT2D eigenvalue weighted by Gasteiger charge is 2.34. The smallest absolute Gasteiger partial charge is 0.222 e. The van der Waals surface area contributed by atoms with Crippen molar-refractivity contribution in [3.63, 3.8) is 0 Å². The molecule has 0 saturated heterocycles. The van der Waals surface area contributed by atoms with Crippen LogP contribution in [0.4, 0.5) is 0 Å². The first-order chi connectivity index (χ1) is 33.0. The number of amides is 1. The summed E-state index contributed by atoms with van der Waals surface area (Å²) in [4.78, 5) is 13.6. The number of carbonyl (C=O) groups excluding carboxylic acids is 1. The fraction of sp³-hybridized carbons (Fsp3) is 0.976. The van der Waals surface area contributed by atoms with Crippen LogP contribution in [0.5, 0.6) is 0 Å². The molecule has 8 atom stereocenters. The Bertz CT molecular complexity index is 1050. The van der Waals surface area contributed by atoms with Gasteiger partial charge in [0.15, 0.2) is 0 Å². The minimum atomic E-state index is -1.92. The average molecular weight is 1110 g/mol. The van der Waals surface area contributed by atoms with Crippen molar-refractivity contribution in [2.75, 3.05) is 205 Å². The van der Waals surface area contributed by atoms with Gasteiger partial charge in [-0.05, 0) is 0 Å². The number of halogens is 1. The van der Waals surface area contributed by atoms with Crippen LogP contribution in [-0.2, 0) is 61.6 Å². The summed E-state index contributed by atoms with van der Waals surface area (Å²) in [5.41, 5.74) is 0. The van der Waals surface area contributed by atoms with E-state index in [-0.39, 0.29) is 39.3 Å². The average Bonchev–Trinajstić information content (AvgIpc) is 3.34. The summed E-state index contributed by atoms with van der Waals surface area (Å²) in [6.45, 7) is 8.41. The molecule has 26 nitrogen and oxygen atoms in total. The first-order valence-electron chi connectivity index (χ1n) is 22.9. The van der Waals surface area contributed by atoms with Gasteiger partial charge in [-0.3, -0.25) is 13.2 Å². The van der Waals surface area contributed by atoms with Crippen molar-refractivity contribution >= 4 is 28.8 Å². The van der Waals surface area contributed by atoms with E-state index in [1.54, 1.807) is 0 Å². The van der Waals surface area contributed by atoms with Gasteiger partial charge < -0.3 is 113 Å². The lowest BCUT2D eigenvalue weighted by Gasteiger charge is -2.33. The number of hydrogen-bond acceptors (Lipinski definition) is 25. The minimum absolute atomic E-state index is 0.00243. The van der Waals surface area contributed by atoms with Gasteiger partial charge in [0.1, 0.15) is 36.6 Å². The zero-order valence-corrected chi connectivity index (χ0v) is 41.5. The van der Waals surface area contributed by atoms with E-state index >= 15 is 0 Å². The molecule has 12 N–H and O–H groups in total. The lowest BCUT2D eigenvalue weighted by molar-refractivity contribution is -0.130. The molecular formula is C41H84IN3O23. The van der Waals surface area contributed by atoms with Crippen molar-refractivity contribution in [3.8, 4) is 0 Å². The predicted octanol–water partition coefficient (Wildman–Crippen LogP) is -6.19. The molecule has 0 rings (SSSR count). The van der Waals surface area contributed by atoms with Gasteiger partial charge >= 0.3 is 0 Å². The van der Waals surface area contributed by atoms with E-state index in [0.717, 1.165) is 6.54 Å². The van der Waals surface area contributed by atoms with Crippen molar-refractivity contribution in [2.24, 2.45) is 0 Å². The summed E-state index contributed by atoms with van der Waals surface area (Å²) in [6.07, 6.45) is -14.6. The third kappa shape index (κ3) is 40.8. The van der Waals surface area contributed by atoms with Gasteiger partial charge in [-0.25, -0.2) is 0 Å². The molecule has 0 spiro atoms. The van der Waals surface area contributed by atoms with Crippen LogP contribution in [0.3, 0.4) is 0 Å². The first-order valence-corrected chi connectivity index (χ1v) is 24.0. The summed E-state index contributed by atoms with van der Waals surface area (Å²) < 4.78 is 68.4. The Morgan fingerprint density at radius 1 is 0.382 bits per heavy atom.